The van der Waals surface area contributed by atoms with Gasteiger partial charge in [0.25, 0.3) is 0 Å². The number of ether oxygens (including phenoxy) is 1. The normalized spacial score (nSPS) is 10.7. The standard InChI is InChI=1S/C14H15BrFN3O/c1-8-4-5-9(6-10(8)16)13-18-11(7-20-3)12(15)14(17-2)19-13/h4-6H,7H2,1-3H3,(H,17,18,19). The maximum atomic E-state index is 13.7. The summed E-state index contributed by atoms with van der Waals surface area (Å²) in [7, 11) is 3.36. The van der Waals surface area contributed by atoms with Crippen molar-refractivity contribution in [1.29, 1.82) is 0 Å². The Morgan fingerprint density at radius 3 is 2.70 bits per heavy atom. The van der Waals surface area contributed by atoms with E-state index < -0.39 is 0 Å². The molecule has 0 spiro atoms. The van der Waals surface area contributed by atoms with Crippen molar-refractivity contribution < 1.29 is 9.13 Å². The lowest BCUT2D eigenvalue weighted by molar-refractivity contribution is 0.181. The van der Waals surface area contributed by atoms with Crippen LogP contribution in [0.4, 0.5) is 10.2 Å². The zero-order chi connectivity index (χ0) is 14.7. The highest BCUT2D eigenvalue weighted by atomic mass is 79.9. The molecular formula is C14H15BrFN3O. The van der Waals surface area contributed by atoms with E-state index in [9.17, 15) is 4.39 Å². The average molecular weight is 340 g/mol. The molecule has 4 nitrogen and oxygen atoms in total. The molecule has 0 amide bonds. The van der Waals surface area contributed by atoms with Crippen LogP contribution in [0.2, 0.25) is 0 Å². The Labute approximate surface area is 125 Å². The zero-order valence-electron chi connectivity index (χ0n) is 11.5. The van der Waals surface area contributed by atoms with Gasteiger partial charge in [-0.1, -0.05) is 12.1 Å². The van der Waals surface area contributed by atoms with Crippen molar-refractivity contribution in [2.75, 3.05) is 19.5 Å². The van der Waals surface area contributed by atoms with Gasteiger partial charge in [0, 0.05) is 19.7 Å². The van der Waals surface area contributed by atoms with Crippen LogP contribution in [-0.2, 0) is 11.3 Å². The number of halogens is 2. The summed E-state index contributed by atoms with van der Waals surface area (Å²) in [5.41, 5.74) is 1.94. The molecule has 0 aliphatic rings. The molecule has 0 unspecified atom stereocenters. The summed E-state index contributed by atoms with van der Waals surface area (Å²) in [6.07, 6.45) is 0. The van der Waals surface area contributed by atoms with Gasteiger partial charge in [-0.3, -0.25) is 0 Å². The quantitative estimate of drug-likeness (QED) is 0.925. The molecule has 1 heterocycles. The molecule has 2 rings (SSSR count). The van der Waals surface area contributed by atoms with Gasteiger partial charge in [0.1, 0.15) is 11.6 Å². The summed E-state index contributed by atoms with van der Waals surface area (Å²) in [6, 6.07) is 4.96. The van der Waals surface area contributed by atoms with Crippen molar-refractivity contribution in [3.05, 3.63) is 39.7 Å². The van der Waals surface area contributed by atoms with Crippen molar-refractivity contribution in [3.63, 3.8) is 0 Å². The summed E-state index contributed by atoms with van der Waals surface area (Å²) >= 11 is 3.43. The van der Waals surface area contributed by atoms with E-state index in [0.29, 0.717) is 35.1 Å². The molecule has 20 heavy (non-hydrogen) atoms. The van der Waals surface area contributed by atoms with Gasteiger partial charge in [0.05, 0.1) is 16.8 Å². The highest BCUT2D eigenvalue weighted by Gasteiger charge is 2.13. The molecule has 0 saturated carbocycles. The van der Waals surface area contributed by atoms with Crippen LogP contribution in [0.15, 0.2) is 22.7 Å². The Kier molecular flexibility index (Phi) is 4.67. The Morgan fingerprint density at radius 2 is 2.10 bits per heavy atom. The molecule has 1 aromatic carbocycles. The first kappa shape index (κ1) is 14.9. The molecule has 0 aliphatic heterocycles. The third kappa shape index (κ3) is 2.96. The number of hydrogen-bond acceptors (Lipinski definition) is 4. The van der Waals surface area contributed by atoms with Crippen LogP contribution in [0.25, 0.3) is 11.4 Å². The van der Waals surface area contributed by atoms with E-state index in [1.54, 1.807) is 33.2 Å². The van der Waals surface area contributed by atoms with Crippen molar-refractivity contribution >= 4 is 21.7 Å². The van der Waals surface area contributed by atoms with E-state index >= 15 is 0 Å². The lowest BCUT2D eigenvalue weighted by Gasteiger charge is -2.11. The summed E-state index contributed by atoms with van der Waals surface area (Å²) in [5.74, 6) is 0.833. The molecule has 0 bridgehead atoms. The Hall–Kier alpha value is -1.53. The van der Waals surface area contributed by atoms with E-state index in [2.05, 4.69) is 31.2 Å². The lowest BCUT2D eigenvalue weighted by atomic mass is 10.1. The van der Waals surface area contributed by atoms with Gasteiger partial charge in [0.15, 0.2) is 5.82 Å². The number of hydrogen-bond donors (Lipinski definition) is 1. The second-order valence-corrected chi connectivity index (χ2v) is 5.10. The lowest BCUT2D eigenvalue weighted by Crippen LogP contribution is -2.04. The van der Waals surface area contributed by atoms with Crippen LogP contribution in [0.1, 0.15) is 11.3 Å². The van der Waals surface area contributed by atoms with Crippen molar-refractivity contribution in [1.82, 2.24) is 9.97 Å². The molecule has 0 saturated heterocycles. The summed E-state index contributed by atoms with van der Waals surface area (Å²) in [6.45, 7) is 2.07. The monoisotopic (exact) mass is 339 g/mol. The minimum absolute atomic E-state index is 0.270. The summed E-state index contributed by atoms with van der Waals surface area (Å²) < 4.78 is 19.5. The first-order valence-electron chi connectivity index (χ1n) is 6.06. The number of methoxy groups -OCH3 is 1. The van der Waals surface area contributed by atoms with E-state index in [-0.39, 0.29) is 5.82 Å². The van der Waals surface area contributed by atoms with Crippen LogP contribution >= 0.6 is 15.9 Å². The predicted octanol–water partition coefficient (Wildman–Crippen LogP) is 3.54. The van der Waals surface area contributed by atoms with Crippen LogP contribution in [0, 0.1) is 12.7 Å². The predicted molar refractivity (Wildman–Crippen MR) is 80.1 cm³/mol. The van der Waals surface area contributed by atoms with Crippen LogP contribution < -0.4 is 5.32 Å². The number of benzene rings is 1. The SMILES string of the molecule is CNc1nc(-c2ccc(C)c(F)c2)nc(COC)c1Br. The molecule has 0 atom stereocenters. The maximum absolute atomic E-state index is 13.7. The van der Waals surface area contributed by atoms with Crippen molar-refractivity contribution in [2.24, 2.45) is 0 Å². The average Bonchev–Trinajstić information content (AvgIpc) is 2.44. The smallest absolute Gasteiger partial charge is 0.162 e. The van der Waals surface area contributed by atoms with Gasteiger partial charge in [0.2, 0.25) is 0 Å². The maximum Gasteiger partial charge on any atom is 0.162 e. The topological polar surface area (TPSA) is 47.0 Å². The number of aryl methyl sites for hydroxylation is 1. The van der Waals surface area contributed by atoms with Crippen LogP contribution in [0.5, 0.6) is 0 Å². The molecule has 1 aromatic heterocycles. The third-order valence-corrected chi connectivity index (χ3v) is 3.70. The summed E-state index contributed by atoms with van der Waals surface area (Å²) in [4.78, 5) is 8.81. The number of nitrogens with one attached hydrogen (secondary N) is 1. The zero-order valence-corrected chi connectivity index (χ0v) is 13.1. The molecule has 0 fully saturated rings. The molecule has 0 radical (unpaired) electrons. The molecule has 0 aliphatic carbocycles. The first-order chi connectivity index (χ1) is 9.56. The third-order valence-electron chi connectivity index (χ3n) is 2.87. The van der Waals surface area contributed by atoms with Crippen molar-refractivity contribution in [2.45, 2.75) is 13.5 Å². The fraction of sp³-hybridized carbons (Fsp3) is 0.286. The van der Waals surface area contributed by atoms with E-state index in [0.717, 1.165) is 4.47 Å². The van der Waals surface area contributed by atoms with Gasteiger partial charge >= 0.3 is 0 Å². The summed E-state index contributed by atoms with van der Waals surface area (Å²) in [5, 5.41) is 2.98. The van der Waals surface area contributed by atoms with Gasteiger partial charge in [-0.25, -0.2) is 14.4 Å². The van der Waals surface area contributed by atoms with Crippen LogP contribution in [0.3, 0.4) is 0 Å². The number of anilines is 1. The fourth-order valence-electron chi connectivity index (χ4n) is 1.75. The number of rotatable bonds is 4. The van der Waals surface area contributed by atoms with E-state index in [1.165, 1.54) is 6.07 Å². The number of nitrogens with zero attached hydrogens (tertiary/aromatic N) is 2. The highest BCUT2D eigenvalue weighted by molar-refractivity contribution is 9.10. The molecular weight excluding hydrogens is 325 g/mol. The van der Waals surface area contributed by atoms with Gasteiger partial charge in [-0.15, -0.1) is 0 Å². The van der Waals surface area contributed by atoms with E-state index in [4.69, 9.17) is 4.74 Å². The van der Waals surface area contributed by atoms with E-state index in [1.807, 2.05) is 0 Å². The Balaban J connectivity index is 2.55. The fourth-order valence-corrected chi connectivity index (χ4v) is 2.24. The molecule has 106 valence electrons. The first-order valence-corrected chi connectivity index (χ1v) is 6.85. The molecule has 1 N–H and O–H groups in total. The minimum atomic E-state index is -0.270. The largest absolute Gasteiger partial charge is 0.378 e. The highest BCUT2D eigenvalue weighted by Crippen LogP contribution is 2.28. The number of aromatic nitrogens is 2. The second kappa shape index (κ2) is 6.28. The van der Waals surface area contributed by atoms with Crippen molar-refractivity contribution in [3.8, 4) is 11.4 Å². The molecule has 2 aromatic rings. The van der Waals surface area contributed by atoms with Crippen LogP contribution in [-0.4, -0.2) is 24.1 Å². The van der Waals surface area contributed by atoms with Gasteiger partial charge in [-0.05, 0) is 34.5 Å². The second-order valence-electron chi connectivity index (χ2n) is 4.30. The molecule has 6 heteroatoms. The van der Waals surface area contributed by atoms with Gasteiger partial charge < -0.3 is 10.1 Å². The minimum Gasteiger partial charge on any atom is -0.378 e. The van der Waals surface area contributed by atoms with Gasteiger partial charge in [-0.2, -0.15) is 0 Å². The Bertz CT molecular complexity index is 634. The Morgan fingerprint density at radius 1 is 1.35 bits per heavy atom.